The van der Waals surface area contributed by atoms with Crippen LogP contribution in [0.3, 0.4) is 0 Å². The molecule has 0 fully saturated rings. The number of amides is 1. The minimum Gasteiger partial charge on any atom is -0.489 e. The van der Waals surface area contributed by atoms with Crippen LogP contribution >= 0.6 is 0 Å². The molecule has 1 aromatic rings. The van der Waals surface area contributed by atoms with Crippen LogP contribution in [0.1, 0.15) is 10.4 Å². The highest BCUT2D eigenvalue weighted by atomic mass is 16.5. The van der Waals surface area contributed by atoms with E-state index in [0.717, 1.165) is 0 Å². The number of carbonyl (C=O) groups is 1. The topological polar surface area (TPSA) is 67.8 Å². The van der Waals surface area contributed by atoms with E-state index >= 15 is 0 Å². The Bertz CT molecular complexity index is 420. The average Bonchev–Trinajstić information content (AvgIpc) is 2.44. The number of para-hydroxylation sites is 1. The van der Waals surface area contributed by atoms with E-state index in [-0.39, 0.29) is 19.1 Å². The standard InChI is InChI=1S/C14H19NO4/c1-3-8-19-13-7-5-4-6-12(13)14(17)15-11(9-16)10-18-2/h3-7,11,16H,1,8-10H2,2H3,(H,15,17). The first-order valence-corrected chi connectivity index (χ1v) is 5.96. The van der Waals surface area contributed by atoms with Crippen molar-refractivity contribution in [3.8, 4) is 5.75 Å². The maximum Gasteiger partial charge on any atom is 0.255 e. The quantitative estimate of drug-likeness (QED) is 0.688. The summed E-state index contributed by atoms with van der Waals surface area (Å²) in [5.74, 6) is 0.171. The van der Waals surface area contributed by atoms with Gasteiger partial charge in [0.2, 0.25) is 0 Å². The summed E-state index contributed by atoms with van der Waals surface area (Å²) in [4.78, 5) is 12.1. The molecular weight excluding hydrogens is 246 g/mol. The summed E-state index contributed by atoms with van der Waals surface area (Å²) in [7, 11) is 1.51. The number of benzene rings is 1. The Labute approximate surface area is 112 Å². The molecule has 0 spiro atoms. The molecule has 0 aliphatic rings. The van der Waals surface area contributed by atoms with Crippen LogP contribution in [0.15, 0.2) is 36.9 Å². The predicted molar refractivity (Wildman–Crippen MR) is 72.4 cm³/mol. The summed E-state index contributed by atoms with van der Waals surface area (Å²) < 4.78 is 10.3. The Hall–Kier alpha value is -1.85. The minimum absolute atomic E-state index is 0.185. The first-order chi connectivity index (χ1) is 9.22. The van der Waals surface area contributed by atoms with E-state index in [1.54, 1.807) is 30.3 Å². The molecule has 0 aliphatic carbocycles. The van der Waals surface area contributed by atoms with Crippen molar-refractivity contribution in [2.45, 2.75) is 6.04 Å². The summed E-state index contributed by atoms with van der Waals surface area (Å²) in [6.07, 6.45) is 1.61. The highest BCUT2D eigenvalue weighted by Gasteiger charge is 2.16. The van der Waals surface area contributed by atoms with Gasteiger partial charge in [-0.3, -0.25) is 4.79 Å². The summed E-state index contributed by atoms with van der Waals surface area (Å²) in [6.45, 7) is 3.95. The van der Waals surface area contributed by atoms with Gasteiger partial charge in [-0.15, -0.1) is 0 Å². The number of aliphatic hydroxyl groups excluding tert-OH is 1. The van der Waals surface area contributed by atoms with Crippen molar-refractivity contribution in [3.63, 3.8) is 0 Å². The van der Waals surface area contributed by atoms with Gasteiger partial charge in [0.15, 0.2) is 0 Å². The van der Waals surface area contributed by atoms with Crippen LogP contribution in [0, 0.1) is 0 Å². The Morgan fingerprint density at radius 1 is 1.53 bits per heavy atom. The third-order valence-corrected chi connectivity index (χ3v) is 2.41. The number of hydrogen-bond acceptors (Lipinski definition) is 4. The molecule has 1 unspecified atom stereocenters. The van der Waals surface area contributed by atoms with E-state index in [4.69, 9.17) is 14.6 Å². The molecule has 1 amide bonds. The molecular formula is C14H19NO4. The molecule has 0 saturated heterocycles. The maximum absolute atomic E-state index is 12.1. The largest absolute Gasteiger partial charge is 0.489 e. The van der Waals surface area contributed by atoms with Crippen LogP contribution < -0.4 is 10.1 Å². The first-order valence-electron chi connectivity index (χ1n) is 5.96. The molecule has 0 saturated carbocycles. The zero-order chi connectivity index (χ0) is 14.1. The number of rotatable bonds is 8. The highest BCUT2D eigenvalue weighted by molar-refractivity contribution is 5.97. The Balaban J connectivity index is 2.77. The lowest BCUT2D eigenvalue weighted by molar-refractivity contribution is 0.0836. The lowest BCUT2D eigenvalue weighted by Crippen LogP contribution is -2.40. The smallest absolute Gasteiger partial charge is 0.255 e. The van der Waals surface area contributed by atoms with Crippen molar-refractivity contribution in [3.05, 3.63) is 42.5 Å². The van der Waals surface area contributed by atoms with E-state index in [1.165, 1.54) is 7.11 Å². The molecule has 0 bridgehead atoms. The Kier molecular flexibility index (Phi) is 6.63. The monoisotopic (exact) mass is 265 g/mol. The SMILES string of the molecule is C=CCOc1ccccc1C(=O)NC(CO)COC. The number of hydrogen-bond donors (Lipinski definition) is 2. The van der Waals surface area contributed by atoms with Crippen molar-refractivity contribution in [1.29, 1.82) is 0 Å². The summed E-state index contributed by atoms with van der Waals surface area (Å²) in [5, 5.41) is 11.8. The van der Waals surface area contributed by atoms with Gasteiger partial charge < -0.3 is 19.9 Å². The van der Waals surface area contributed by atoms with Gasteiger partial charge >= 0.3 is 0 Å². The lowest BCUT2D eigenvalue weighted by atomic mass is 10.1. The van der Waals surface area contributed by atoms with Crippen LogP contribution in [0.5, 0.6) is 5.75 Å². The average molecular weight is 265 g/mol. The highest BCUT2D eigenvalue weighted by Crippen LogP contribution is 2.17. The van der Waals surface area contributed by atoms with Crippen molar-refractivity contribution in [1.82, 2.24) is 5.32 Å². The Morgan fingerprint density at radius 2 is 2.26 bits per heavy atom. The van der Waals surface area contributed by atoms with Crippen LogP contribution in [0.4, 0.5) is 0 Å². The van der Waals surface area contributed by atoms with Crippen LogP contribution in [-0.4, -0.2) is 44.0 Å². The van der Waals surface area contributed by atoms with Gasteiger partial charge in [-0.1, -0.05) is 24.8 Å². The minimum atomic E-state index is -0.440. The molecule has 0 heterocycles. The second-order valence-corrected chi connectivity index (χ2v) is 3.90. The van der Waals surface area contributed by atoms with Crippen molar-refractivity contribution < 1.29 is 19.4 Å². The number of carbonyl (C=O) groups excluding carboxylic acids is 1. The molecule has 2 N–H and O–H groups in total. The zero-order valence-corrected chi connectivity index (χ0v) is 11.0. The fourth-order valence-electron chi connectivity index (χ4n) is 1.53. The van der Waals surface area contributed by atoms with Gasteiger partial charge in [-0.05, 0) is 12.1 Å². The summed E-state index contributed by atoms with van der Waals surface area (Å²) in [5.41, 5.74) is 0.416. The van der Waals surface area contributed by atoms with Crippen LogP contribution in [0.2, 0.25) is 0 Å². The maximum atomic E-state index is 12.1. The molecule has 0 aromatic heterocycles. The second kappa shape index (κ2) is 8.29. The van der Waals surface area contributed by atoms with E-state index in [2.05, 4.69) is 11.9 Å². The van der Waals surface area contributed by atoms with Crippen LogP contribution in [-0.2, 0) is 4.74 Å². The zero-order valence-electron chi connectivity index (χ0n) is 11.0. The third kappa shape index (κ3) is 4.73. The van der Waals surface area contributed by atoms with E-state index in [1.807, 2.05) is 0 Å². The summed E-state index contributed by atoms with van der Waals surface area (Å²) in [6, 6.07) is 6.47. The van der Waals surface area contributed by atoms with Crippen LogP contribution in [0.25, 0.3) is 0 Å². The normalized spacial score (nSPS) is 11.7. The molecule has 0 aliphatic heterocycles. The van der Waals surface area contributed by atoms with Gasteiger partial charge in [0, 0.05) is 7.11 Å². The molecule has 19 heavy (non-hydrogen) atoms. The predicted octanol–water partition coefficient (Wildman–Crippen LogP) is 0.988. The molecule has 1 aromatic carbocycles. The molecule has 0 radical (unpaired) electrons. The fourth-order valence-corrected chi connectivity index (χ4v) is 1.53. The molecule has 1 atom stereocenters. The number of methoxy groups -OCH3 is 1. The van der Waals surface area contributed by atoms with E-state index in [0.29, 0.717) is 17.9 Å². The molecule has 1 rings (SSSR count). The third-order valence-electron chi connectivity index (χ3n) is 2.41. The van der Waals surface area contributed by atoms with Gasteiger partial charge in [0.05, 0.1) is 24.8 Å². The summed E-state index contributed by atoms with van der Waals surface area (Å²) >= 11 is 0. The van der Waals surface area contributed by atoms with Gasteiger partial charge in [0.1, 0.15) is 12.4 Å². The Morgan fingerprint density at radius 3 is 2.89 bits per heavy atom. The van der Waals surface area contributed by atoms with Crippen molar-refractivity contribution in [2.75, 3.05) is 26.9 Å². The number of aliphatic hydroxyl groups is 1. The van der Waals surface area contributed by atoms with Crippen molar-refractivity contribution >= 4 is 5.91 Å². The van der Waals surface area contributed by atoms with E-state index < -0.39 is 6.04 Å². The molecule has 5 heteroatoms. The van der Waals surface area contributed by atoms with Gasteiger partial charge in [0.25, 0.3) is 5.91 Å². The van der Waals surface area contributed by atoms with Gasteiger partial charge in [-0.25, -0.2) is 0 Å². The number of ether oxygens (including phenoxy) is 2. The van der Waals surface area contributed by atoms with Crippen molar-refractivity contribution in [2.24, 2.45) is 0 Å². The fraction of sp³-hybridized carbons (Fsp3) is 0.357. The van der Waals surface area contributed by atoms with E-state index in [9.17, 15) is 4.79 Å². The number of nitrogens with one attached hydrogen (secondary N) is 1. The molecule has 104 valence electrons. The molecule has 5 nitrogen and oxygen atoms in total. The second-order valence-electron chi connectivity index (χ2n) is 3.90. The lowest BCUT2D eigenvalue weighted by Gasteiger charge is -2.16. The first kappa shape index (κ1) is 15.2. The van der Waals surface area contributed by atoms with Gasteiger partial charge in [-0.2, -0.15) is 0 Å².